The van der Waals surface area contributed by atoms with Gasteiger partial charge in [-0.2, -0.15) is 5.10 Å². The molecule has 32 heavy (non-hydrogen) atoms. The van der Waals surface area contributed by atoms with Gasteiger partial charge in [0.1, 0.15) is 11.6 Å². The number of hydrogen-bond acceptors (Lipinski definition) is 4. The summed E-state index contributed by atoms with van der Waals surface area (Å²) in [6, 6.07) is 8.34. The molecule has 1 aliphatic heterocycles. The topological polar surface area (TPSA) is 70.0 Å². The Balaban J connectivity index is 1.50. The van der Waals surface area contributed by atoms with E-state index in [1.54, 1.807) is 13.0 Å². The van der Waals surface area contributed by atoms with E-state index in [0.717, 1.165) is 62.0 Å². The van der Waals surface area contributed by atoms with Crippen molar-refractivity contribution in [1.82, 2.24) is 15.5 Å². The number of benzene rings is 2. The van der Waals surface area contributed by atoms with Crippen molar-refractivity contribution in [3.63, 3.8) is 0 Å². The number of H-pyrrole nitrogens is 1. The number of halogens is 2. The molecule has 172 valence electrons. The third kappa shape index (κ3) is 4.79. The SMILES string of the molecule is CCCC(CN)NCC1CCN(c2n[nH]c3c(-c4ccc(C)c(F)c4)cc(F)cc23)CC1. The number of fused-ring (bicyclic) bond motifs is 1. The minimum atomic E-state index is -0.348. The predicted molar refractivity (Wildman–Crippen MR) is 127 cm³/mol. The summed E-state index contributed by atoms with van der Waals surface area (Å²) in [6.07, 6.45) is 4.34. The fraction of sp³-hybridized carbons (Fsp3) is 0.480. The first-order valence-electron chi connectivity index (χ1n) is 11.6. The molecule has 0 spiro atoms. The number of aryl methyl sites for hydroxylation is 1. The van der Waals surface area contributed by atoms with Crippen LogP contribution in [0.3, 0.4) is 0 Å². The number of hydrogen-bond donors (Lipinski definition) is 3. The standard InChI is InChI=1S/C25H33F2N5/c1-3-4-20(14-28)29-15-17-7-9-32(10-8-17)25-22-13-19(26)12-21(24(22)30-31-25)18-6-5-16(2)23(27)11-18/h5-6,11-13,17,20,29H,3-4,7-10,14-15,28H2,1-2H3,(H,30,31). The summed E-state index contributed by atoms with van der Waals surface area (Å²) in [5.41, 5.74) is 8.43. The predicted octanol–water partition coefficient (Wildman–Crippen LogP) is 4.75. The van der Waals surface area contributed by atoms with Crippen LogP contribution in [0.2, 0.25) is 0 Å². The Morgan fingerprint density at radius 1 is 1.22 bits per heavy atom. The van der Waals surface area contributed by atoms with Gasteiger partial charge in [-0.05, 0) is 68.0 Å². The average molecular weight is 442 g/mol. The van der Waals surface area contributed by atoms with Crippen molar-refractivity contribution in [2.45, 2.75) is 45.6 Å². The number of nitrogens with zero attached hydrogens (tertiary/aromatic N) is 2. The summed E-state index contributed by atoms with van der Waals surface area (Å²) in [6.45, 7) is 7.30. The fourth-order valence-corrected chi connectivity index (χ4v) is 4.64. The third-order valence-corrected chi connectivity index (χ3v) is 6.63. The highest BCUT2D eigenvalue weighted by Gasteiger charge is 2.24. The molecule has 4 rings (SSSR count). The van der Waals surface area contributed by atoms with Crippen LogP contribution in [0.5, 0.6) is 0 Å². The lowest BCUT2D eigenvalue weighted by molar-refractivity contribution is 0.354. The van der Waals surface area contributed by atoms with Gasteiger partial charge in [0.15, 0.2) is 5.82 Å². The third-order valence-electron chi connectivity index (χ3n) is 6.63. The number of rotatable bonds is 8. The maximum atomic E-state index is 14.5. The zero-order chi connectivity index (χ0) is 22.7. The molecule has 0 amide bonds. The van der Waals surface area contributed by atoms with Crippen LogP contribution in [0.4, 0.5) is 14.6 Å². The van der Waals surface area contributed by atoms with Crippen LogP contribution in [-0.2, 0) is 0 Å². The largest absolute Gasteiger partial charge is 0.355 e. The van der Waals surface area contributed by atoms with Crippen LogP contribution in [0, 0.1) is 24.5 Å². The Labute approximate surface area is 188 Å². The number of nitrogens with two attached hydrogens (primary N) is 1. The van der Waals surface area contributed by atoms with Crippen molar-refractivity contribution in [2.75, 3.05) is 31.1 Å². The molecule has 0 bridgehead atoms. The van der Waals surface area contributed by atoms with E-state index in [1.807, 2.05) is 6.07 Å². The molecule has 7 heteroatoms. The number of piperidine rings is 1. The van der Waals surface area contributed by atoms with E-state index in [2.05, 4.69) is 27.3 Å². The smallest absolute Gasteiger partial charge is 0.158 e. The van der Waals surface area contributed by atoms with Gasteiger partial charge in [0.2, 0.25) is 0 Å². The molecule has 5 nitrogen and oxygen atoms in total. The van der Waals surface area contributed by atoms with Crippen molar-refractivity contribution < 1.29 is 8.78 Å². The summed E-state index contributed by atoms with van der Waals surface area (Å²) >= 11 is 0. The molecular formula is C25H33F2N5. The van der Waals surface area contributed by atoms with Crippen LogP contribution >= 0.6 is 0 Å². The Bertz CT molecular complexity index is 1060. The fourth-order valence-electron chi connectivity index (χ4n) is 4.64. The van der Waals surface area contributed by atoms with Crippen LogP contribution in [0.1, 0.15) is 38.2 Å². The van der Waals surface area contributed by atoms with Crippen molar-refractivity contribution in [2.24, 2.45) is 11.7 Å². The van der Waals surface area contributed by atoms with Gasteiger partial charge >= 0.3 is 0 Å². The molecule has 1 atom stereocenters. The van der Waals surface area contributed by atoms with E-state index >= 15 is 0 Å². The zero-order valence-corrected chi connectivity index (χ0v) is 18.9. The summed E-state index contributed by atoms with van der Waals surface area (Å²) in [7, 11) is 0. The van der Waals surface area contributed by atoms with Crippen LogP contribution < -0.4 is 16.0 Å². The molecule has 1 unspecified atom stereocenters. The molecule has 3 aromatic rings. The quantitative estimate of drug-likeness (QED) is 0.472. The molecule has 2 aromatic carbocycles. The van der Waals surface area contributed by atoms with Gasteiger partial charge in [0.05, 0.1) is 5.52 Å². The highest BCUT2D eigenvalue weighted by atomic mass is 19.1. The van der Waals surface area contributed by atoms with E-state index in [4.69, 9.17) is 5.73 Å². The lowest BCUT2D eigenvalue weighted by atomic mass is 9.95. The van der Waals surface area contributed by atoms with Crippen LogP contribution in [0.25, 0.3) is 22.0 Å². The maximum Gasteiger partial charge on any atom is 0.158 e. The lowest BCUT2D eigenvalue weighted by Gasteiger charge is -2.33. The van der Waals surface area contributed by atoms with Crippen LogP contribution in [-0.4, -0.2) is 42.4 Å². The average Bonchev–Trinajstić information content (AvgIpc) is 3.22. The van der Waals surface area contributed by atoms with Crippen LogP contribution in [0.15, 0.2) is 30.3 Å². The molecule has 1 aromatic heterocycles. The van der Waals surface area contributed by atoms with Crippen molar-refractivity contribution >= 4 is 16.7 Å². The number of anilines is 1. The molecule has 0 aliphatic carbocycles. The number of aromatic nitrogens is 2. The van der Waals surface area contributed by atoms with Crippen molar-refractivity contribution in [1.29, 1.82) is 0 Å². The van der Waals surface area contributed by atoms with Crippen molar-refractivity contribution in [3.8, 4) is 11.1 Å². The van der Waals surface area contributed by atoms with E-state index in [9.17, 15) is 8.78 Å². The van der Waals surface area contributed by atoms with E-state index in [1.165, 1.54) is 18.2 Å². The Morgan fingerprint density at radius 2 is 2.00 bits per heavy atom. The summed E-state index contributed by atoms with van der Waals surface area (Å²) < 4.78 is 28.7. The van der Waals surface area contributed by atoms with E-state index < -0.39 is 0 Å². The molecule has 1 fully saturated rings. The summed E-state index contributed by atoms with van der Waals surface area (Å²) in [5, 5.41) is 12.0. The normalized spacial score (nSPS) is 16.1. The minimum absolute atomic E-state index is 0.300. The van der Waals surface area contributed by atoms with E-state index in [-0.39, 0.29) is 11.6 Å². The van der Waals surface area contributed by atoms with Gasteiger partial charge in [0, 0.05) is 36.6 Å². The first-order chi connectivity index (χ1) is 15.5. The maximum absolute atomic E-state index is 14.5. The summed E-state index contributed by atoms with van der Waals surface area (Å²) in [5.74, 6) is 0.723. The van der Waals surface area contributed by atoms with Gasteiger partial charge in [-0.15, -0.1) is 0 Å². The summed E-state index contributed by atoms with van der Waals surface area (Å²) in [4.78, 5) is 2.22. The molecule has 0 radical (unpaired) electrons. The van der Waals surface area contributed by atoms with Gasteiger partial charge in [-0.3, -0.25) is 5.10 Å². The molecule has 2 heterocycles. The highest BCUT2D eigenvalue weighted by Crippen LogP contribution is 2.35. The van der Waals surface area contributed by atoms with Gasteiger partial charge in [-0.25, -0.2) is 8.78 Å². The first-order valence-corrected chi connectivity index (χ1v) is 11.6. The van der Waals surface area contributed by atoms with Crippen molar-refractivity contribution in [3.05, 3.63) is 47.5 Å². The molecular weight excluding hydrogens is 408 g/mol. The molecule has 1 aliphatic rings. The number of aromatic amines is 1. The highest BCUT2D eigenvalue weighted by molar-refractivity contribution is 6.00. The van der Waals surface area contributed by atoms with Gasteiger partial charge in [-0.1, -0.05) is 25.5 Å². The second-order valence-electron chi connectivity index (χ2n) is 8.95. The second-order valence-corrected chi connectivity index (χ2v) is 8.95. The monoisotopic (exact) mass is 441 g/mol. The lowest BCUT2D eigenvalue weighted by Crippen LogP contribution is -2.42. The minimum Gasteiger partial charge on any atom is -0.355 e. The van der Waals surface area contributed by atoms with Gasteiger partial charge < -0.3 is 16.0 Å². The first kappa shape index (κ1) is 22.7. The Hall–Kier alpha value is -2.51. The van der Waals surface area contributed by atoms with E-state index in [0.29, 0.717) is 35.2 Å². The molecule has 0 saturated carbocycles. The Morgan fingerprint density at radius 3 is 2.69 bits per heavy atom. The van der Waals surface area contributed by atoms with Gasteiger partial charge in [0.25, 0.3) is 0 Å². The molecule has 4 N–H and O–H groups in total. The Kier molecular flexibility index (Phi) is 7.06. The molecule has 1 saturated heterocycles. The second kappa shape index (κ2) is 9.96. The number of nitrogens with one attached hydrogen (secondary N) is 2. The zero-order valence-electron chi connectivity index (χ0n) is 18.9.